The fourth-order valence-electron chi connectivity index (χ4n) is 2.45. The van der Waals surface area contributed by atoms with Gasteiger partial charge in [-0.05, 0) is 38.4 Å². The van der Waals surface area contributed by atoms with Crippen LogP contribution in [0, 0.1) is 0 Å². The highest BCUT2D eigenvalue weighted by Crippen LogP contribution is 2.34. The van der Waals surface area contributed by atoms with E-state index in [2.05, 4.69) is 16.0 Å². The zero-order chi connectivity index (χ0) is 15.5. The van der Waals surface area contributed by atoms with Gasteiger partial charge in [0.15, 0.2) is 0 Å². The van der Waals surface area contributed by atoms with Crippen LogP contribution in [-0.2, 0) is 6.18 Å². The molecule has 21 heavy (non-hydrogen) atoms. The van der Waals surface area contributed by atoms with Gasteiger partial charge in [0.2, 0.25) is 0 Å². The Labute approximate surface area is 121 Å². The van der Waals surface area contributed by atoms with E-state index >= 15 is 0 Å². The average Bonchev–Trinajstić information content (AvgIpc) is 2.37. The van der Waals surface area contributed by atoms with Crippen LogP contribution >= 0.6 is 0 Å². The summed E-state index contributed by atoms with van der Waals surface area (Å²) in [4.78, 5) is 11.9. The number of rotatable bonds is 2. The summed E-state index contributed by atoms with van der Waals surface area (Å²) in [5, 5.41) is 8.25. The Bertz CT molecular complexity index is 504. The third-order valence-corrected chi connectivity index (χ3v) is 3.44. The first-order chi connectivity index (χ1) is 9.86. The Hall–Kier alpha value is -1.76. The van der Waals surface area contributed by atoms with Gasteiger partial charge in [-0.1, -0.05) is 12.1 Å². The lowest BCUT2D eigenvalue weighted by molar-refractivity contribution is -0.136. The number of benzene rings is 1. The molecule has 0 spiro atoms. The number of para-hydroxylation sites is 1. The summed E-state index contributed by atoms with van der Waals surface area (Å²) < 4.78 is 38.5. The third kappa shape index (κ3) is 4.35. The van der Waals surface area contributed by atoms with Gasteiger partial charge in [-0.15, -0.1) is 0 Å². The van der Waals surface area contributed by atoms with Gasteiger partial charge >= 0.3 is 12.2 Å². The normalized spacial score (nSPS) is 22.7. The van der Waals surface area contributed by atoms with Gasteiger partial charge in [0, 0.05) is 12.1 Å². The number of carbonyl (C=O) groups excluding carboxylic acids is 1. The molecular weight excluding hydrogens is 283 g/mol. The summed E-state index contributed by atoms with van der Waals surface area (Å²) in [6.45, 7) is 2.79. The van der Waals surface area contributed by atoms with E-state index in [4.69, 9.17) is 0 Å². The van der Waals surface area contributed by atoms with Gasteiger partial charge in [-0.2, -0.15) is 13.2 Å². The summed E-state index contributed by atoms with van der Waals surface area (Å²) in [5.74, 6) is 0. The molecule has 1 fully saturated rings. The average molecular weight is 301 g/mol. The third-order valence-electron chi connectivity index (χ3n) is 3.44. The number of piperidine rings is 1. The lowest BCUT2D eigenvalue weighted by Crippen LogP contribution is -2.47. The number of amides is 2. The quantitative estimate of drug-likeness (QED) is 0.786. The fraction of sp³-hybridized carbons (Fsp3) is 0.500. The maximum atomic E-state index is 12.8. The molecule has 0 saturated carbocycles. The molecule has 0 radical (unpaired) electrons. The van der Waals surface area contributed by atoms with E-state index in [0.717, 1.165) is 25.5 Å². The summed E-state index contributed by atoms with van der Waals surface area (Å²) in [6, 6.07) is 4.59. The molecule has 116 valence electrons. The molecule has 1 aromatic rings. The van der Waals surface area contributed by atoms with Crippen molar-refractivity contribution in [1.29, 1.82) is 0 Å². The van der Waals surface area contributed by atoms with Crippen LogP contribution in [0.3, 0.4) is 0 Å². The Morgan fingerprint density at radius 2 is 2.05 bits per heavy atom. The minimum atomic E-state index is -4.49. The van der Waals surface area contributed by atoms with E-state index < -0.39 is 17.8 Å². The van der Waals surface area contributed by atoms with Gasteiger partial charge < -0.3 is 16.0 Å². The molecular formula is C14H18F3N3O. The summed E-state index contributed by atoms with van der Waals surface area (Å²) in [6.07, 6.45) is -2.97. The molecule has 4 nitrogen and oxygen atoms in total. The minimum absolute atomic E-state index is 0.0284. The summed E-state index contributed by atoms with van der Waals surface area (Å²) >= 11 is 0. The molecule has 1 aliphatic rings. The number of alkyl halides is 3. The molecule has 0 bridgehead atoms. The number of hydrogen-bond acceptors (Lipinski definition) is 2. The van der Waals surface area contributed by atoms with Crippen LogP contribution in [-0.4, -0.2) is 24.7 Å². The predicted molar refractivity (Wildman–Crippen MR) is 74.1 cm³/mol. The van der Waals surface area contributed by atoms with Gasteiger partial charge in [-0.25, -0.2) is 4.79 Å². The smallest absolute Gasteiger partial charge is 0.335 e. The Morgan fingerprint density at radius 3 is 2.71 bits per heavy atom. The van der Waals surface area contributed by atoms with Crippen molar-refractivity contribution < 1.29 is 18.0 Å². The van der Waals surface area contributed by atoms with Crippen molar-refractivity contribution >= 4 is 11.7 Å². The van der Waals surface area contributed by atoms with Gasteiger partial charge in [0.1, 0.15) is 0 Å². The first kappa shape index (κ1) is 15.6. The van der Waals surface area contributed by atoms with E-state index in [1.165, 1.54) is 18.2 Å². The van der Waals surface area contributed by atoms with Crippen molar-refractivity contribution in [2.45, 2.75) is 38.0 Å². The lowest BCUT2D eigenvalue weighted by atomic mass is 10.0. The van der Waals surface area contributed by atoms with E-state index in [1.54, 1.807) is 0 Å². The van der Waals surface area contributed by atoms with Crippen LogP contribution < -0.4 is 16.0 Å². The molecule has 2 rings (SSSR count). The van der Waals surface area contributed by atoms with Crippen molar-refractivity contribution in [3.63, 3.8) is 0 Å². The monoisotopic (exact) mass is 301 g/mol. The second-order valence-corrected chi connectivity index (χ2v) is 5.22. The summed E-state index contributed by atoms with van der Waals surface area (Å²) in [7, 11) is 0. The molecule has 2 amide bonds. The molecule has 1 heterocycles. The molecule has 2 atom stereocenters. The maximum absolute atomic E-state index is 12.8. The molecule has 1 aromatic carbocycles. The van der Waals surface area contributed by atoms with Crippen molar-refractivity contribution in [3.8, 4) is 0 Å². The number of carbonyl (C=O) groups is 1. The highest BCUT2D eigenvalue weighted by atomic mass is 19.4. The van der Waals surface area contributed by atoms with Crippen molar-refractivity contribution in [3.05, 3.63) is 29.8 Å². The molecule has 3 N–H and O–H groups in total. The van der Waals surface area contributed by atoms with Gasteiger partial charge in [0.05, 0.1) is 11.3 Å². The number of hydrogen-bond donors (Lipinski definition) is 3. The van der Waals surface area contributed by atoms with Crippen molar-refractivity contribution in [2.75, 3.05) is 11.9 Å². The molecule has 0 aliphatic carbocycles. The standard InChI is InChI=1S/C14H18F3N3O/c1-9-8-10(6-7-18-9)19-13(21)20-12-5-3-2-4-11(12)14(15,16)17/h2-5,9-10,18H,6-8H2,1H3,(H2,19,20,21). The molecule has 7 heteroatoms. The molecule has 0 aromatic heterocycles. The van der Waals surface area contributed by atoms with Gasteiger partial charge in [-0.3, -0.25) is 0 Å². The van der Waals surface area contributed by atoms with Crippen LogP contribution in [0.5, 0.6) is 0 Å². The fourth-order valence-corrected chi connectivity index (χ4v) is 2.45. The molecule has 2 unspecified atom stereocenters. The van der Waals surface area contributed by atoms with Gasteiger partial charge in [0.25, 0.3) is 0 Å². The summed E-state index contributed by atoms with van der Waals surface area (Å²) in [5.41, 5.74) is -1.08. The van der Waals surface area contributed by atoms with Crippen LogP contribution in [0.25, 0.3) is 0 Å². The zero-order valence-corrected chi connectivity index (χ0v) is 11.6. The molecule has 1 aliphatic heterocycles. The highest BCUT2D eigenvalue weighted by molar-refractivity contribution is 5.90. The number of halogens is 3. The first-order valence-corrected chi connectivity index (χ1v) is 6.83. The lowest BCUT2D eigenvalue weighted by Gasteiger charge is -2.28. The largest absolute Gasteiger partial charge is 0.418 e. The van der Waals surface area contributed by atoms with E-state index in [9.17, 15) is 18.0 Å². The van der Waals surface area contributed by atoms with Crippen LogP contribution in [0.15, 0.2) is 24.3 Å². The number of anilines is 1. The van der Waals surface area contributed by atoms with E-state index in [-0.39, 0.29) is 17.8 Å². The van der Waals surface area contributed by atoms with Crippen molar-refractivity contribution in [1.82, 2.24) is 10.6 Å². The predicted octanol–water partition coefficient (Wildman–Crippen LogP) is 2.97. The minimum Gasteiger partial charge on any atom is -0.335 e. The Balaban J connectivity index is 2.00. The molecule has 1 saturated heterocycles. The second kappa shape index (κ2) is 6.34. The SMILES string of the molecule is CC1CC(NC(=O)Nc2ccccc2C(F)(F)F)CCN1. The van der Waals surface area contributed by atoms with Crippen LogP contribution in [0.2, 0.25) is 0 Å². The first-order valence-electron chi connectivity index (χ1n) is 6.83. The van der Waals surface area contributed by atoms with Crippen LogP contribution in [0.4, 0.5) is 23.7 Å². The maximum Gasteiger partial charge on any atom is 0.418 e. The Morgan fingerprint density at radius 1 is 1.33 bits per heavy atom. The number of urea groups is 1. The van der Waals surface area contributed by atoms with Crippen molar-refractivity contribution in [2.24, 2.45) is 0 Å². The van der Waals surface area contributed by atoms with Crippen LogP contribution in [0.1, 0.15) is 25.3 Å². The number of nitrogens with one attached hydrogen (secondary N) is 3. The zero-order valence-electron chi connectivity index (χ0n) is 11.6. The van der Waals surface area contributed by atoms with E-state index in [0.29, 0.717) is 0 Å². The topological polar surface area (TPSA) is 53.2 Å². The van der Waals surface area contributed by atoms with E-state index in [1.807, 2.05) is 6.92 Å². The highest BCUT2D eigenvalue weighted by Gasteiger charge is 2.33. The second-order valence-electron chi connectivity index (χ2n) is 5.22. The Kier molecular flexibility index (Phi) is 4.72.